The number of aromatic nitrogens is 2. The van der Waals surface area contributed by atoms with Gasteiger partial charge in [-0.05, 0) is 24.1 Å². The molecule has 0 saturated heterocycles. The van der Waals surface area contributed by atoms with Gasteiger partial charge in [0.05, 0.1) is 4.90 Å². The molecule has 2 heterocycles. The van der Waals surface area contributed by atoms with Crippen molar-refractivity contribution < 1.29 is 8.42 Å². The van der Waals surface area contributed by atoms with E-state index < -0.39 is 15.6 Å². The zero-order valence-electron chi connectivity index (χ0n) is 10.3. The first-order chi connectivity index (χ1) is 9.49. The lowest BCUT2D eigenvalue weighted by atomic mass is 10.2. The van der Waals surface area contributed by atoms with Gasteiger partial charge < -0.3 is 4.98 Å². The predicted molar refractivity (Wildman–Crippen MR) is 75.2 cm³/mol. The van der Waals surface area contributed by atoms with Gasteiger partial charge in [-0.25, -0.2) is 13.1 Å². The molecule has 2 aromatic rings. The molecule has 2 aromatic heterocycles. The molecule has 0 bridgehead atoms. The van der Waals surface area contributed by atoms with E-state index in [4.69, 9.17) is 11.6 Å². The molecule has 0 aliphatic heterocycles. The first-order valence-corrected chi connectivity index (χ1v) is 7.62. The summed E-state index contributed by atoms with van der Waals surface area (Å²) in [5.41, 5.74) is 0.399. The average molecular weight is 314 g/mol. The number of rotatable bonds is 5. The SMILES string of the molecule is O=c1[nH]cc(S(=O)(=O)NCCc2cccnc2)cc1Cl. The lowest BCUT2D eigenvalue weighted by Crippen LogP contribution is -2.26. The van der Waals surface area contributed by atoms with Crippen LogP contribution in [0.25, 0.3) is 0 Å². The monoisotopic (exact) mass is 313 g/mol. The number of hydrogen-bond acceptors (Lipinski definition) is 4. The Kier molecular flexibility index (Phi) is 4.53. The number of aromatic amines is 1. The van der Waals surface area contributed by atoms with E-state index in [2.05, 4.69) is 14.7 Å². The second-order valence-electron chi connectivity index (χ2n) is 4.02. The van der Waals surface area contributed by atoms with Crippen LogP contribution in [0, 0.1) is 0 Å². The van der Waals surface area contributed by atoms with Crippen LogP contribution in [0.5, 0.6) is 0 Å². The maximum atomic E-state index is 12.0. The molecule has 0 saturated carbocycles. The number of H-pyrrole nitrogens is 1. The molecular weight excluding hydrogens is 302 g/mol. The normalized spacial score (nSPS) is 11.4. The molecule has 0 aromatic carbocycles. The zero-order valence-corrected chi connectivity index (χ0v) is 11.9. The number of pyridine rings is 2. The Labute approximate surface area is 120 Å². The molecule has 0 radical (unpaired) electrons. The third-order valence-corrected chi connectivity index (χ3v) is 4.29. The van der Waals surface area contributed by atoms with E-state index in [-0.39, 0.29) is 16.5 Å². The summed E-state index contributed by atoms with van der Waals surface area (Å²) in [6.07, 6.45) is 4.95. The van der Waals surface area contributed by atoms with Crippen molar-refractivity contribution in [2.45, 2.75) is 11.3 Å². The summed E-state index contributed by atoms with van der Waals surface area (Å²) >= 11 is 5.61. The Balaban J connectivity index is 2.04. The van der Waals surface area contributed by atoms with Crippen LogP contribution in [0.3, 0.4) is 0 Å². The lowest BCUT2D eigenvalue weighted by Gasteiger charge is -2.06. The Morgan fingerprint density at radius 2 is 2.20 bits per heavy atom. The highest BCUT2D eigenvalue weighted by atomic mass is 35.5. The van der Waals surface area contributed by atoms with Crippen LogP contribution in [-0.4, -0.2) is 24.9 Å². The molecule has 106 valence electrons. The van der Waals surface area contributed by atoms with Crippen molar-refractivity contribution in [3.8, 4) is 0 Å². The fourth-order valence-electron chi connectivity index (χ4n) is 1.55. The van der Waals surface area contributed by atoms with Crippen molar-refractivity contribution in [3.63, 3.8) is 0 Å². The van der Waals surface area contributed by atoms with Gasteiger partial charge in [0.15, 0.2) is 0 Å². The van der Waals surface area contributed by atoms with Gasteiger partial charge in [0.25, 0.3) is 5.56 Å². The van der Waals surface area contributed by atoms with E-state index in [9.17, 15) is 13.2 Å². The van der Waals surface area contributed by atoms with Crippen LogP contribution in [0.1, 0.15) is 5.56 Å². The van der Waals surface area contributed by atoms with Gasteiger partial charge in [-0.2, -0.15) is 0 Å². The molecule has 0 amide bonds. The molecule has 0 unspecified atom stereocenters. The van der Waals surface area contributed by atoms with E-state index in [0.29, 0.717) is 6.42 Å². The molecule has 2 rings (SSSR count). The van der Waals surface area contributed by atoms with Gasteiger partial charge >= 0.3 is 0 Å². The van der Waals surface area contributed by atoms with Crippen LogP contribution in [-0.2, 0) is 16.4 Å². The summed E-state index contributed by atoms with van der Waals surface area (Å²) in [5.74, 6) is 0. The smallest absolute Gasteiger partial charge is 0.266 e. The summed E-state index contributed by atoms with van der Waals surface area (Å²) in [7, 11) is -3.69. The van der Waals surface area contributed by atoms with Crippen LogP contribution in [0.4, 0.5) is 0 Å². The van der Waals surface area contributed by atoms with E-state index >= 15 is 0 Å². The van der Waals surface area contributed by atoms with Gasteiger partial charge in [0, 0.05) is 25.1 Å². The van der Waals surface area contributed by atoms with Crippen molar-refractivity contribution in [1.82, 2.24) is 14.7 Å². The largest absolute Gasteiger partial charge is 0.326 e. The van der Waals surface area contributed by atoms with E-state index in [1.807, 2.05) is 6.07 Å². The highest BCUT2D eigenvalue weighted by Crippen LogP contribution is 2.10. The molecule has 2 N–H and O–H groups in total. The summed E-state index contributed by atoms with van der Waals surface area (Å²) in [6.45, 7) is 0.227. The summed E-state index contributed by atoms with van der Waals surface area (Å²) in [6, 6.07) is 4.76. The van der Waals surface area contributed by atoms with E-state index in [1.165, 1.54) is 0 Å². The fourth-order valence-corrected chi connectivity index (χ4v) is 2.81. The number of halogens is 1. The summed E-state index contributed by atoms with van der Waals surface area (Å²) in [5, 5.41) is -0.167. The van der Waals surface area contributed by atoms with Crippen LogP contribution in [0.15, 0.2) is 46.5 Å². The van der Waals surface area contributed by atoms with Crippen LogP contribution >= 0.6 is 11.6 Å². The molecule has 6 nitrogen and oxygen atoms in total. The first-order valence-electron chi connectivity index (χ1n) is 5.76. The topological polar surface area (TPSA) is 91.9 Å². The highest BCUT2D eigenvalue weighted by Gasteiger charge is 2.14. The summed E-state index contributed by atoms with van der Waals surface area (Å²) in [4.78, 5) is 17.2. The van der Waals surface area contributed by atoms with Gasteiger partial charge in [-0.15, -0.1) is 0 Å². The Bertz CT molecular complexity index is 744. The number of sulfonamides is 1. The van der Waals surface area contributed by atoms with E-state index in [0.717, 1.165) is 17.8 Å². The minimum Gasteiger partial charge on any atom is -0.326 e. The maximum absolute atomic E-state index is 12.0. The first kappa shape index (κ1) is 14.7. The lowest BCUT2D eigenvalue weighted by molar-refractivity contribution is 0.581. The predicted octanol–water partition coefficient (Wildman–Crippen LogP) is 0.944. The zero-order chi connectivity index (χ0) is 14.6. The molecular formula is C12H12ClN3O3S. The molecule has 0 atom stereocenters. The quantitative estimate of drug-likeness (QED) is 0.859. The molecule has 20 heavy (non-hydrogen) atoms. The standard InChI is InChI=1S/C12H12ClN3O3S/c13-11-6-10(8-15-12(11)17)20(18,19)16-5-3-9-2-1-4-14-7-9/h1-2,4,6-8,16H,3,5H2,(H,15,17). The van der Waals surface area contributed by atoms with E-state index in [1.54, 1.807) is 18.5 Å². The Hall–Kier alpha value is -1.70. The van der Waals surface area contributed by atoms with Crippen molar-refractivity contribution in [3.05, 3.63) is 57.7 Å². The molecule has 0 aliphatic rings. The molecule has 0 fully saturated rings. The molecule has 0 aliphatic carbocycles. The number of hydrogen-bond donors (Lipinski definition) is 2. The van der Waals surface area contributed by atoms with Crippen molar-refractivity contribution in [2.75, 3.05) is 6.54 Å². The Morgan fingerprint density at radius 3 is 2.85 bits per heavy atom. The van der Waals surface area contributed by atoms with Gasteiger partial charge in [0.2, 0.25) is 10.0 Å². The average Bonchev–Trinajstić information content (AvgIpc) is 2.43. The van der Waals surface area contributed by atoms with Crippen molar-refractivity contribution >= 4 is 21.6 Å². The van der Waals surface area contributed by atoms with Crippen molar-refractivity contribution in [2.24, 2.45) is 0 Å². The van der Waals surface area contributed by atoms with Crippen LogP contribution < -0.4 is 10.3 Å². The third-order valence-electron chi connectivity index (χ3n) is 2.57. The van der Waals surface area contributed by atoms with Crippen molar-refractivity contribution in [1.29, 1.82) is 0 Å². The maximum Gasteiger partial charge on any atom is 0.266 e. The van der Waals surface area contributed by atoms with Gasteiger partial charge in [-0.3, -0.25) is 9.78 Å². The Morgan fingerprint density at radius 1 is 1.40 bits per heavy atom. The second-order valence-corrected chi connectivity index (χ2v) is 6.20. The minimum absolute atomic E-state index is 0.0757. The van der Waals surface area contributed by atoms with Gasteiger partial charge in [0.1, 0.15) is 5.02 Å². The second kappa shape index (κ2) is 6.17. The number of nitrogens with zero attached hydrogens (tertiary/aromatic N) is 1. The molecule has 0 spiro atoms. The minimum atomic E-state index is -3.69. The van der Waals surface area contributed by atoms with Gasteiger partial charge in [-0.1, -0.05) is 17.7 Å². The molecule has 8 heteroatoms. The highest BCUT2D eigenvalue weighted by molar-refractivity contribution is 7.89. The summed E-state index contributed by atoms with van der Waals surface area (Å²) < 4.78 is 26.4. The van der Waals surface area contributed by atoms with Crippen LogP contribution in [0.2, 0.25) is 5.02 Å². The fraction of sp³-hybridized carbons (Fsp3) is 0.167. The third kappa shape index (κ3) is 3.66. The number of nitrogens with one attached hydrogen (secondary N) is 2.